The first-order valence-electron chi connectivity index (χ1n) is 6.30. The van der Waals surface area contributed by atoms with E-state index in [2.05, 4.69) is 22.5 Å². The summed E-state index contributed by atoms with van der Waals surface area (Å²) in [5.74, 6) is 0.0217. The first-order chi connectivity index (χ1) is 8.31. The Hall–Kier alpha value is -0.940. The summed E-state index contributed by atoms with van der Waals surface area (Å²) in [6.07, 6.45) is 0.963. The molecule has 1 heterocycles. The van der Waals surface area contributed by atoms with E-state index in [0.29, 0.717) is 6.54 Å². The number of hydrogen-bond acceptors (Lipinski definition) is 4. The van der Waals surface area contributed by atoms with Gasteiger partial charge >= 0.3 is 0 Å². The maximum atomic E-state index is 11.8. The van der Waals surface area contributed by atoms with Crippen molar-refractivity contribution in [3.8, 4) is 0 Å². The molecular formula is C13H23N3OS. The van der Waals surface area contributed by atoms with E-state index in [1.165, 1.54) is 0 Å². The third-order valence-electron chi connectivity index (χ3n) is 2.38. The monoisotopic (exact) mass is 269 g/mol. The molecule has 4 nitrogen and oxygen atoms in total. The minimum absolute atomic E-state index is 0.0217. The number of carbonyl (C=O) groups excluding carboxylic acids is 1. The van der Waals surface area contributed by atoms with Crippen LogP contribution in [0.25, 0.3) is 0 Å². The highest BCUT2D eigenvalue weighted by Gasteiger charge is 2.18. The Labute approximate surface area is 113 Å². The van der Waals surface area contributed by atoms with Gasteiger partial charge in [0, 0.05) is 17.5 Å². The van der Waals surface area contributed by atoms with E-state index in [1.54, 1.807) is 11.3 Å². The molecule has 1 unspecified atom stereocenters. The largest absolute Gasteiger partial charge is 0.350 e. The number of nitrogens with one attached hydrogen (secondary N) is 2. The van der Waals surface area contributed by atoms with Crippen LogP contribution in [-0.2, 0) is 17.8 Å². The first kappa shape index (κ1) is 15.1. The van der Waals surface area contributed by atoms with Crippen molar-refractivity contribution < 1.29 is 4.79 Å². The van der Waals surface area contributed by atoms with Gasteiger partial charge in [0.1, 0.15) is 0 Å². The fraction of sp³-hybridized carbons (Fsp3) is 0.692. The number of nitrogens with zero attached hydrogens (tertiary/aromatic N) is 1. The fourth-order valence-corrected chi connectivity index (χ4v) is 2.17. The summed E-state index contributed by atoms with van der Waals surface area (Å²) in [5.41, 5.74) is 0.815. The number of thiazole rings is 1. The highest BCUT2D eigenvalue weighted by molar-refractivity contribution is 7.09. The van der Waals surface area contributed by atoms with Crippen LogP contribution >= 0.6 is 11.3 Å². The van der Waals surface area contributed by atoms with Crippen LogP contribution in [0.1, 0.15) is 45.3 Å². The molecule has 0 bridgehead atoms. The van der Waals surface area contributed by atoms with Crippen molar-refractivity contribution >= 4 is 17.2 Å². The van der Waals surface area contributed by atoms with Crippen LogP contribution in [0.5, 0.6) is 0 Å². The summed E-state index contributed by atoms with van der Waals surface area (Å²) < 4.78 is 0. The van der Waals surface area contributed by atoms with Gasteiger partial charge in [0.15, 0.2) is 0 Å². The third kappa shape index (κ3) is 5.14. The van der Waals surface area contributed by atoms with E-state index in [9.17, 15) is 4.79 Å². The molecule has 1 atom stereocenters. The predicted molar refractivity (Wildman–Crippen MR) is 75.7 cm³/mol. The molecule has 0 aliphatic rings. The van der Waals surface area contributed by atoms with Gasteiger partial charge in [-0.2, -0.15) is 0 Å². The molecule has 0 aromatic carbocycles. The highest BCUT2D eigenvalue weighted by atomic mass is 32.1. The van der Waals surface area contributed by atoms with Gasteiger partial charge in [0.2, 0.25) is 5.91 Å². The molecule has 0 aliphatic heterocycles. The predicted octanol–water partition coefficient (Wildman–Crippen LogP) is 2.10. The number of amides is 1. The minimum atomic E-state index is -0.212. The van der Waals surface area contributed by atoms with Crippen molar-refractivity contribution in [1.29, 1.82) is 0 Å². The zero-order valence-electron chi connectivity index (χ0n) is 11.8. The van der Waals surface area contributed by atoms with Gasteiger partial charge in [0.25, 0.3) is 0 Å². The Bertz CT molecular complexity index is 395. The lowest BCUT2D eigenvalue weighted by Gasteiger charge is -2.23. The van der Waals surface area contributed by atoms with Gasteiger partial charge < -0.3 is 10.6 Å². The minimum Gasteiger partial charge on any atom is -0.350 e. The molecule has 0 saturated heterocycles. The summed E-state index contributed by atoms with van der Waals surface area (Å²) in [5, 5.41) is 9.32. The summed E-state index contributed by atoms with van der Waals surface area (Å²) >= 11 is 1.67. The van der Waals surface area contributed by atoms with Crippen LogP contribution in [0.3, 0.4) is 0 Å². The lowest BCUT2D eigenvalue weighted by atomic mass is 10.1. The normalized spacial score (nSPS) is 13.4. The summed E-state index contributed by atoms with van der Waals surface area (Å²) in [6.45, 7) is 10.5. The van der Waals surface area contributed by atoms with Gasteiger partial charge in [-0.05, 0) is 34.1 Å². The van der Waals surface area contributed by atoms with Crippen molar-refractivity contribution in [2.24, 2.45) is 0 Å². The molecule has 0 fully saturated rings. The van der Waals surface area contributed by atoms with Crippen LogP contribution in [0.15, 0.2) is 5.38 Å². The van der Waals surface area contributed by atoms with Crippen LogP contribution in [0.2, 0.25) is 0 Å². The standard InChI is InChI=1S/C13H23N3OS/c1-6-11-15-10(8-18-11)7-14-9(2)12(17)16-13(3,4)5/h8-9,14H,6-7H2,1-5H3,(H,16,17). The molecule has 1 aromatic rings. The Kier molecular flexibility index (Phi) is 5.28. The maximum absolute atomic E-state index is 11.8. The Balaban J connectivity index is 2.41. The van der Waals surface area contributed by atoms with E-state index in [-0.39, 0.29) is 17.5 Å². The van der Waals surface area contributed by atoms with Crippen LogP contribution in [-0.4, -0.2) is 22.5 Å². The number of rotatable bonds is 5. The molecular weight excluding hydrogens is 246 g/mol. The van der Waals surface area contributed by atoms with E-state index in [4.69, 9.17) is 0 Å². The molecule has 1 aromatic heterocycles. The molecule has 0 aliphatic carbocycles. The Morgan fingerprint density at radius 3 is 2.67 bits per heavy atom. The number of hydrogen-bond donors (Lipinski definition) is 2. The average Bonchev–Trinajstić information content (AvgIpc) is 2.71. The lowest BCUT2D eigenvalue weighted by Crippen LogP contribution is -2.49. The summed E-state index contributed by atoms with van der Waals surface area (Å²) in [6, 6.07) is -0.212. The molecule has 0 radical (unpaired) electrons. The zero-order valence-corrected chi connectivity index (χ0v) is 12.6. The van der Waals surface area contributed by atoms with Crippen molar-refractivity contribution in [3.63, 3.8) is 0 Å². The van der Waals surface area contributed by atoms with Gasteiger partial charge in [0.05, 0.1) is 16.7 Å². The van der Waals surface area contributed by atoms with Crippen LogP contribution in [0.4, 0.5) is 0 Å². The maximum Gasteiger partial charge on any atom is 0.237 e. The van der Waals surface area contributed by atoms with Crippen molar-refractivity contribution in [3.05, 3.63) is 16.1 Å². The van der Waals surface area contributed by atoms with Crippen molar-refractivity contribution in [2.75, 3.05) is 0 Å². The second kappa shape index (κ2) is 6.29. The SMILES string of the molecule is CCc1nc(CNC(C)C(=O)NC(C)(C)C)cs1. The fourth-order valence-electron chi connectivity index (χ4n) is 1.42. The summed E-state index contributed by atoms with van der Waals surface area (Å²) in [4.78, 5) is 16.3. The van der Waals surface area contributed by atoms with Gasteiger partial charge in [-0.15, -0.1) is 11.3 Å². The molecule has 1 amide bonds. The molecule has 0 saturated carbocycles. The molecule has 102 valence electrons. The number of carbonyl (C=O) groups is 1. The molecule has 18 heavy (non-hydrogen) atoms. The van der Waals surface area contributed by atoms with Gasteiger partial charge in [-0.1, -0.05) is 6.92 Å². The van der Waals surface area contributed by atoms with Gasteiger partial charge in [-0.3, -0.25) is 4.79 Å². The Morgan fingerprint density at radius 2 is 2.17 bits per heavy atom. The van der Waals surface area contributed by atoms with Crippen LogP contribution < -0.4 is 10.6 Å². The van der Waals surface area contributed by atoms with E-state index < -0.39 is 0 Å². The Morgan fingerprint density at radius 1 is 1.50 bits per heavy atom. The van der Waals surface area contributed by atoms with Crippen molar-refractivity contribution in [1.82, 2.24) is 15.6 Å². The smallest absolute Gasteiger partial charge is 0.237 e. The third-order valence-corrected chi connectivity index (χ3v) is 3.42. The average molecular weight is 269 g/mol. The number of aryl methyl sites for hydroxylation is 1. The van der Waals surface area contributed by atoms with E-state index in [1.807, 2.05) is 33.1 Å². The lowest BCUT2D eigenvalue weighted by molar-refractivity contribution is -0.124. The zero-order chi connectivity index (χ0) is 13.8. The topological polar surface area (TPSA) is 54.0 Å². The van der Waals surface area contributed by atoms with Crippen molar-refractivity contribution in [2.45, 2.75) is 59.2 Å². The summed E-state index contributed by atoms with van der Waals surface area (Å²) in [7, 11) is 0. The first-order valence-corrected chi connectivity index (χ1v) is 7.18. The molecule has 0 spiro atoms. The number of aromatic nitrogens is 1. The highest BCUT2D eigenvalue weighted by Crippen LogP contribution is 2.10. The van der Waals surface area contributed by atoms with Gasteiger partial charge in [-0.25, -0.2) is 4.98 Å². The van der Waals surface area contributed by atoms with E-state index >= 15 is 0 Å². The second-order valence-corrected chi connectivity index (χ2v) is 6.37. The second-order valence-electron chi connectivity index (χ2n) is 5.43. The molecule has 1 rings (SSSR count). The molecule has 2 N–H and O–H groups in total. The van der Waals surface area contributed by atoms with Crippen LogP contribution in [0, 0.1) is 0 Å². The quantitative estimate of drug-likeness (QED) is 0.860. The van der Waals surface area contributed by atoms with E-state index in [0.717, 1.165) is 17.1 Å². The molecule has 5 heteroatoms.